The molecule has 19 aromatic heterocycles. The monoisotopic (exact) mass is 1690 g/mol. The zero-order valence-corrected chi connectivity index (χ0v) is 74.0. The van der Waals surface area contributed by atoms with E-state index in [-0.39, 0.29) is 0 Å². The van der Waals surface area contributed by atoms with E-state index >= 15 is 0 Å². The third-order valence-corrected chi connectivity index (χ3v) is 22.7. The smallest absolute Gasteiger partial charge is 0.252 e. The molecule has 0 spiro atoms. The maximum atomic E-state index is 5.19. The summed E-state index contributed by atoms with van der Waals surface area (Å²) < 4.78 is 13.3. The minimum atomic E-state index is 0.618. The summed E-state index contributed by atoms with van der Waals surface area (Å²) in [4.78, 5) is 76.4. The van der Waals surface area contributed by atoms with Crippen molar-refractivity contribution in [2.75, 3.05) is 11.9 Å². The highest BCUT2D eigenvalue weighted by atomic mass is 32.1. The second-order valence-corrected chi connectivity index (χ2v) is 31.6. The van der Waals surface area contributed by atoms with Crippen molar-refractivity contribution in [2.45, 2.75) is 146 Å². The molecule has 0 fully saturated rings. The summed E-state index contributed by atoms with van der Waals surface area (Å²) in [6, 6.07) is 50.6. The van der Waals surface area contributed by atoms with Crippen LogP contribution in [0.15, 0.2) is 290 Å². The molecule has 3 atom stereocenters. The van der Waals surface area contributed by atoms with E-state index in [1.54, 1.807) is 103 Å². The van der Waals surface area contributed by atoms with Gasteiger partial charge >= 0.3 is 0 Å². The van der Waals surface area contributed by atoms with Crippen molar-refractivity contribution in [3.63, 3.8) is 0 Å². The molecule has 0 radical (unpaired) electrons. The highest BCUT2D eigenvalue weighted by molar-refractivity contribution is 7.17. The number of H-pyrrole nitrogens is 2. The first-order valence-corrected chi connectivity index (χ1v) is 43.1. The number of anilines is 1. The first-order chi connectivity index (χ1) is 61.5. The zero-order chi connectivity index (χ0) is 87.9. The largest absolute Gasteiger partial charge is 0.462 e. The Bertz CT molecular complexity index is 6110. The number of aromatic amines is 2. The molecule has 0 saturated carbocycles. The summed E-state index contributed by atoms with van der Waals surface area (Å²) in [5.41, 5.74) is 28.8. The van der Waals surface area contributed by atoms with E-state index in [1.165, 1.54) is 128 Å². The number of nitrogens with zero attached hydrogens (tertiary/aromatic N) is 19. The predicted molar refractivity (Wildman–Crippen MR) is 507 cm³/mol. The Hall–Kier alpha value is -14.7. The molecule has 0 saturated heterocycles. The van der Waals surface area contributed by atoms with E-state index in [1.807, 2.05) is 181 Å². The van der Waals surface area contributed by atoms with Crippen LogP contribution in [0.2, 0.25) is 0 Å². The number of hydrogen-bond donors (Lipinski definition) is 3. The fourth-order valence-electron chi connectivity index (χ4n) is 14.5. The highest BCUT2D eigenvalue weighted by Gasteiger charge is 2.19. The summed E-state index contributed by atoms with van der Waals surface area (Å²) in [5, 5.41) is 14.1. The van der Waals surface area contributed by atoms with Crippen molar-refractivity contribution in [1.29, 1.82) is 0 Å². The normalized spacial score (nSPS) is 13.6. The molecule has 1 aliphatic heterocycles. The van der Waals surface area contributed by atoms with Crippen LogP contribution in [0.5, 0.6) is 0 Å². The number of hydrogen-bond acceptors (Lipinski definition) is 22. The average molecular weight is 1690 g/mol. The van der Waals surface area contributed by atoms with E-state index in [9.17, 15) is 0 Å². The van der Waals surface area contributed by atoms with Gasteiger partial charge in [0, 0.05) is 156 Å². The van der Waals surface area contributed by atoms with Crippen LogP contribution in [-0.2, 0) is 12.8 Å². The molecular formula is C101H104N22O2S. The van der Waals surface area contributed by atoms with Crippen molar-refractivity contribution < 1.29 is 8.83 Å². The van der Waals surface area contributed by atoms with Gasteiger partial charge in [-0.2, -0.15) is 10.1 Å². The van der Waals surface area contributed by atoms with Crippen LogP contribution in [0.25, 0.3) is 93.5 Å². The van der Waals surface area contributed by atoms with Crippen LogP contribution in [0.4, 0.5) is 5.69 Å². The number of benzene rings is 2. The predicted octanol–water partition coefficient (Wildman–Crippen LogP) is 23.3. The van der Waals surface area contributed by atoms with Crippen molar-refractivity contribution in [3.05, 3.63) is 360 Å². The molecule has 126 heavy (non-hydrogen) atoms. The molecule has 21 aromatic rings. The second kappa shape index (κ2) is 44.9. The third kappa shape index (κ3) is 24.0. The van der Waals surface area contributed by atoms with Crippen LogP contribution in [0, 0.1) is 62.3 Å². The lowest BCUT2D eigenvalue weighted by molar-refractivity contribution is 0.561. The number of fused-ring (bicyclic) bond motifs is 12. The van der Waals surface area contributed by atoms with Gasteiger partial charge in [-0.25, -0.2) is 49.4 Å². The van der Waals surface area contributed by atoms with E-state index in [0.29, 0.717) is 17.3 Å². The quantitative estimate of drug-likeness (QED) is 0.127. The summed E-state index contributed by atoms with van der Waals surface area (Å²) in [6.07, 6.45) is 43.7. The summed E-state index contributed by atoms with van der Waals surface area (Å²) in [7, 11) is 0. The van der Waals surface area contributed by atoms with Gasteiger partial charge in [-0.1, -0.05) is 63.2 Å². The molecule has 636 valence electrons. The van der Waals surface area contributed by atoms with Crippen LogP contribution in [0.3, 0.4) is 0 Å². The van der Waals surface area contributed by atoms with Gasteiger partial charge in [0.05, 0.1) is 51.5 Å². The van der Waals surface area contributed by atoms with Crippen molar-refractivity contribution in [3.8, 4) is 0 Å². The van der Waals surface area contributed by atoms with E-state index in [4.69, 9.17) is 8.83 Å². The lowest BCUT2D eigenvalue weighted by Crippen LogP contribution is -2.14. The zero-order valence-electron chi connectivity index (χ0n) is 73.2. The van der Waals surface area contributed by atoms with Crippen LogP contribution in [-0.4, -0.2) is 111 Å². The fraction of sp³-hybridized carbons (Fsp3) is 0.228. The SMILES string of the molecule is CC1CCCc2ncccc21.CC1CCCc2nccnc21.CC1CCNc2ccccc21.Cc1ccnc2[nH]ccc12.Cc1ccnc2ccccc12.Cc1ccnc2ccoc12.Cc1ccnc2ccsc12.Cc1ccnc2nc[nH]c12.Cc1ccnc2ncccc12.Cc1ccnc2nccnc12.Cc1ccnc2ncnn12.Cc1ccnc2occc12. The van der Waals surface area contributed by atoms with Gasteiger partial charge < -0.3 is 24.1 Å². The summed E-state index contributed by atoms with van der Waals surface area (Å²) in [5.74, 6) is 2.73. The Morgan fingerprint density at radius 1 is 0.381 bits per heavy atom. The molecule has 0 bridgehead atoms. The van der Waals surface area contributed by atoms with E-state index in [2.05, 4.69) is 195 Å². The number of aryl methyl sites for hydroxylation is 11. The fourth-order valence-corrected chi connectivity index (χ4v) is 15.3. The average Bonchev–Trinajstić information content (AvgIpc) is 1.84. The minimum Gasteiger partial charge on any atom is -0.462 e. The Morgan fingerprint density at radius 2 is 0.968 bits per heavy atom. The summed E-state index contributed by atoms with van der Waals surface area (Å²) in [6.45, 7) is 26.3. The Labute approximate surface area is 736 Å². The number of nitrogens with one attached hydrogen (secondary N) is 3. The summed E-state index contributed by atoms with van der Waals surface area (Å²) >= 11 is 1.75. The van der Waals surface area contributed by atoms with E-state index in [0.717, 1.165) is 108 Å². The Kier molecular flexibility index (Phi) is 31.7. The molecular weight excluding hydrogens is 1590 g/mol. The molecule has 24 rings (SSSR count). The van der Waals surface area contributed by atoms with Gasteiger partial charge in [-0.15, -0.1) is 11.3 Å². The van der Waals surface area contributed by atoms with Gasteiger partial charge in [0.25, 0.3) is 5.78 Å². The van der Waals surface area contributed by atoms with Crippen molar-refractivity contribution >= 4 is 111 Å². The maximum Gasteiger partial charge on any atom is 0.252 e. The minimum absolute atomic E-state index is 0.618. The molecule has 25 heteroatoms. The Morgan fingerprint density at radius 3 is 1.71 bits per heavy atom. The maximum absolute atomic E-state index is 5.19. The number of rotatable bonds is 0. The number of pyridine rings is 10. The van der Waals surface area contributed by atoms with Gasteiger partial charge in [0.15, 0.2) is 22.5 Å². The molecule has 3 unspecified atom stereocenters. The molecule has 2 aromatic carbocycles. The van der Waals surface area contributed by atoms with Gasteiger partial charge in [-0.3, -0.25) is 34.9 Å². The molecule has 2 aliphatic carbocycles. The third-order valence-electron chi connectivity index (χ3n) is 21.6. The standard InChI is InChI=1S/2C10H13N.C10H9N.C9H8N2.C9H12N2.C8H7N3.C8H8N2.2C8H7NO.C8H7NS.C7H7N3.C6H6N4/c1-8-4-2-6-10-9(8)5-3-7-11-10;2*1-8-6-7-11-10-5-3-2-4-9(8)10;1-7-4-6-11-9-8(7)3-2-5-10-9;1-7-3-2-4-8-9(7)11-6-5-10-8;1-6-2-3-10-8-7(6)9-4-5-11-8;1-6-2-4-9-8-7(6)3-5-10-8;1-6-2-4-9-7-3-5-10-8(6)7;1-6-2-4-9-8-7(6)3-5-10-8;1-6-2-4-9-7-3-5-10-8(6)7;1-5-2-3-8-7-6(5)9-4-10-7;1-5-2-3-7-6-8-4-9-10(5)6/h3,5,7-8H,2,4,6H2,1H3;2-5,8,11H,6-7H2,1H3;2-7H,1H3;2-6H,1H3;5-7H,2-4H2,1H3;2-5H,1H3;2-5H,1H3,(H,9,10);3*2-5H,1H3;2-4H,1H3,(H,8,9,10);2-4H,1H3. The van der Waals surface area contributed by atoms with Gasteiger partial charge in [-0.05, 0) is 283 Å². The van der Waals surface area contributed by atoms with Crippen LogP contribution in [0.1, 0.15) is 149 Å². The van der Waals surface area contributed by atoms with Crippen LogP contribution >= 0.6 is 11.3 Å². The lowest BCUT2D eigenvalue weighted by atomic mass is 9.87. The van der Waals surface area contributed by atoms with Gasteiger partial charge in [0.2, 0.25) is 5.71 Å². The highest BCUT2D eigenvalue weighted by Crippen LogP contribution is 2.32. The van der Waals surface area contributed by atoms with Crippen molar-refractivity contribution in [2.24, 2.45) is 0 Å². The molecule has 20 heterocycles. The van der Waals surface area contributed by atoms with Gasteiger partial charge in [0.1, 0.15) is 23.0 Å². The number of aromatic nitrogens is 21. The number of para-hydroxylation sites is 2. The first-order valence-electron chi connectivity index (χ1n) is 42.2. The van der Waals surface area contributed by atoms with Crippen molar-refractivity contribution in [1.82, 2.24) is 104 Å². The topological polar surface area (TPSA) is 306 Å². The second-order valence-electron chi connectivity index (χ2n) is 30.7. The molecule has 3 aliphatic rings. The number of furan rings is 2. The van der Waals surface area contributed by atoms with E-state index < -0.39 is 0 Å². The van der Waals surface area contributed by atoms with Crippen LogP contribution < -0.4 is 5.32 Å². The number of imidazole rings is 1. The Balaban J connectivity index is 0.000000118. The first kappa shape index (κ1) is 89.0. The molecule has 24 nitrogen and oxygen atoms in total. The lowest BCUT2D eigenvalue weighted by Gasteiger charge is -2.23. The molecule has 0 amide bonds. The number of thiophene rings is 1. The molecule has 3 N–H and O–H groups in total.